The Morgan fingerprint density at radius 2 is 1.55 bits per heavy atom. The van der Waals surface area contributed by atoms with E-state index in [4.69, 9.17) is 4.74 Å². The van der Waals surface area contributed by atoms with E-state index in [0.29, 0.717) is 5.41 Å². The standard InChI is InChI=1S/C28H36O/c1-17-24(18-10-11-19-15-28(8,9)16-20(19)12-18)22-13-21(26(2,3)4)14-23(25(22)29-17)27(5,6)7/h10-14,24H,1,15-16H2,2-9H3. The highest BCUT2D eigenvalue weighted by Crippen LogP contribution is 2.51. The highest BCUT2D eigenvalue weighted by atomic mass is 16.5. The highest BCUT2D eigenvalue weighted by molar-refractivity contribution is 5.60. The van der Waals surface area contributed by atoms with Gasteiger partial charge in [-0.15, -0.1) is 0 Å². The molecular weight excluding hydrogens is 352 g/mol. The van der Waals surface area contributed by atoms with Crippen molar-refractivity contribution in [1.29, 1.82) is 0 Å². The van der Waals surface area contributed by atoms with E-state index in [9.17, 15) is 0 Å². The van der Waals surface area contributed by atoms with Crippen molar-refractivity contribution in [3.8, 4) is 5.75 Å². The first kappa shape index (κ1) is 20.3. The first-order valence-corrected chi connectivity index (χ1v) is 10.9. The predicted molar refractivity (Wildman–Crippen MR) is 123 cm³/mol. The second kappa shape index (κ2) is 6.24. The maximum absolute atomic E-state index is 6.37. The number of hydrogen-bond donors (Lipinski definition) is 0. The summed E-state index contributed by atoms with van der Waals surface area (Å²) in [5.41, 5.74) is 8.71. The van der Waals surface area contributed by atoms with Crippen LogP contribution in [0.1, 0.15) is 94.7 Å². The number of ether oxygens (including phenoxy) is 1. The predicted octanol–water partition coefficient (Wildman–Crippen LogP) is 7.44. The van der Waals surface area contributed by atoms with E-state index in [-0.39, 0.29) is 16.7 Å². The summed E-state index contributed by atoms with van der Waals surface area (Å²) in [5, 5.41) is 0. The zero-order valence-electron chi connectivity index (χ0n) is 19.5. The van der Waals surface area contributed by atoms with Crippen LogP contribution in [0.4, 0.5) is 0 Å². The lowest BCUT2D eigenvalue weighted by molar-refractivity contribution is 0.392. The molecule has 2 aromatic carbocycles. The van der Waals surface area contributed by atoms with E-state index in [1.54, 1.807) is 0 Å². The van der Waals surface area contributed by atoms with Gasteiger partial charge in [-0.2, -0.15) is 0 Å². The van der Waals surface area contributed by atoms with Gasteiger partial charge in [-0.3, -0.25) is 0 Å². The summed E-state index contributed by atoms with van der Waals surface area (Å²) in [6, 6.07) is 11.8. The lowest BCUT2D eigenvalue weighted by Gasteiger charge is -2.27. The Labute approximate surface area is 177 Å². The number of fused-ring (bicyclic) bond motifs is 2. The van der Waals surface area contributed by atoms with Crippen LogP contribution in [0.5, 0.6) is 5.75 Å². The molecule has 1 atom stereocenters. The first-order valence-electron chi connectivity index (χ1n) is 10.9. The topological polar surface area (TPSA) is 9.23 Å². The zero-order valence-corrected chi connectivity index (χ0v) is 19.5. The molecule has 0 amide bonds. The molecule has 1 aliphatic heterocycles. The summed E-state index contributed by atoms with van der Waals surface area (Å²) < 4.78 is 6.37. The molecule has 29 heavy (non-hydrogen) atoms. The van der Waals surface area contributed by atoms with Gasteiger partial charge in [0.15, 0.2) is 0 Å². The van der Waals surface area contributed by atoms with E-state index < -0.39 is 0 Å². The third kappa shape index (κ3) is 3.54. The third-order valence-electron chi connectivity index (χ3n) is 6.56. The normalized spacial score (nSPS) is 20.4. The minimum absolute atomic E-state index is 0.0163. The fourth-order valence-electron chi connectivity index (χ4n) is 4.95. The smallest absolute Gasteiger partial charge is 0.134 e. The van der Waals surface area contributed by atoms with Gasteiger partial charge in [-0.1, -0.05) is 92.3 Å². The van der Waals surface area contributed by atoms with E-state index in [1.807, 2.05) is 0 Å². The summed E-state index contributed by atoms with van der Waals surface area (Å²) in [6.45, 7) is 22.8. The third-order valence-corrected chi connectivity index (χ3v) is 6.56. The Balaban J connectivity index is 1.87. The van der Waals surface area contributed by atoms with Crippen LogP contribution in [0.15, 0.2) is 42.7 Å². The summed E-state index contributed by atoms with van der Waals surface area (Å²) in [6.07, 6.45) is 2.32. The van der Waals surface area contributed by atoms with Crippen LogP contribution in [0.3, 0.4) is 0 Å². The Bertz CT molecular complexity index is 992. The second-order valence-electron chi connectivity index (χ2n) is 12.0. The maximum atomic E-state index is 6.37. The minimum atomic E-state index is 0.0163. The molecule has 1 nitrogen and oxygen atoms in total. The molecule has 0 bridgehead atoms. The van der Waals surface area contributed by atoms with Gasteiger partial charge in [0.25, 0.3) is 0 Å². The number of hydrogen-bond acceptors (Lipinski definition) is 1. The van der Waals surface area contributed by atoms with Crippen molar-refractivity contribution in [3.63, 3.8) is 0 Å². The maximum Gasteiger partial charge on any atom is 0.134 e. The molecule has 2 aromatic rings. The minimum Gasteiger partial charge on any atom is -0.461 e. The van der Waals surface area contributed by atoms with Crippen molar-refractivity contribution in [1.82, 2.24) is 0 Å². The SMILES string of the molecule is C=C1Oc2c(cc(C(C)(C)C)cc2C(C)(C)C)C1c1ccc2c(c1)CC(C)(C)C2. The second-order valence-corrected chi connectivity index (χ2v) is 12.0. The van der Waals surface area contributed by atoms with Crippen LogP contribution in [-0.4, -0.2) is 0 Å². The molecule has 0 radical (unpaired) electrons. The highest BCUT2D eigenvalue weighted by Gasteiger charge is 2.37. The van der Waals surface area contributed by atoms with Gasteiger partial charge in [-0.25, -0.2) is 0 Å². The summed E-state index contributed by atoms with van der Waals surface area (Å²) >= 11 is 0. The Hall–Kier alpha value is -2.02. The monoisotopic (exact) mass is 388 g/mol. The largest absolute Gasteiger partial charge is 0.461 e. The van der Waals surface area contributed by atoms with Crippen molar-refractivity contribution in [2.75, 3.05) is 0 Å². The van der Waals surface area contributed by atoms with E-state index in [2.05, 4.69) is 92.3 Å². The molecule has 1 aliphatic carbocycles. The van der Waals surface area contributed by atoms with Crippen LogP contribution in [0.2, 0.25) is 0 Å². The summed E-state index contributed by atoms with van der Waals surface area (Å²) in [7, 11) is 0. The molecular formula is C28H36O. The Morgan fingerprint density at radius 3 is 2.17 bits per heavy atom. The summed E-state index contributed by atoms with van der Waals surface area (Å²) in [5.74, 6) is 2.00. The molecule has 4 rings (SSSR count). The molecule has 1 heterocycles. The molecule has 0 spiro atoms. The lowest BCUT2D eigenvalue weighted by Crippen LogP contribution is -2.17. The van der Waals surface area contributed by atoms with Gasteiger partial charge in [0.05, 0.1) is 5.92 Å². The number of rotatable bonds is 1. The van der Waals surface area contributed by atoms with Crippen molar-refractivity contribution in [2.24, 2.45) is 5.41 Å². The van der Waals surface area contributed by atoms with Crippen molar-refractivity contribution < 1.29 is 4.74 Å². The van der Waals surface area contributed by atoms with Gasteiger partial charge in [0.1, 0.15) is 11.5 Å². The van der Waals surface area contributed by atoms with E-state index >= 15 is 0 Å². The van der Waals surface area contributed by atoms with Gasteiger partial charge in [0, 0.05) is 11.1 Å². The molecule has 154 valence electrons. The van der Waals surface area contributed by atoms with Crippen molar-refractivity contribution in [3.05, 3.63) is 76.1 Å². The van der Waals surface area contributed by atoms with Crippen molar-refractivity contribution in [2.45, 2.75) is 85.0 Å². The van der Waals surface area contributed by atoms with Crippen molar-refractivity contribution >= 4 is 0 Å². The van der Waals surface area contributed by atoms with Crippen LogP contribution < -0.4 is 4.74 Å². The van der Waals surface area contributed by atoms with Crippen LogP contribution in [0.25, 0.3) is 0 Å². The molecule has 0 aromatic heterocycles. The molecule has 0 N–H and O–H groups in total. The van der Waals surface area contributed by atoms with Gasteiger partial charge < -0.3 is 4.74 Å². The lowest BCUT2D eigenvalue weighted by atomic mass is 9.77. The fourth-order valence-corrected chi connectivity index (χ4v) is 4.95. The molecule has 0 saturated heterocycles. The van der Waals surface area contributed by atoms with Gasteiger partial charge in [-0.05, 0) is 51.3 Å². The molecule has 1 heteroatoms. The average Bonchev–Trinajstić information content (AvgIpc) is 3.04. The van der Waals surface area contributed by atoms with Crippen LogP contribution in [-0.2, 0) is 23.7 Å². The molecule has 0 saturated carbocycles. The fraction of sp³-hybridized carbons (Fsp3) is 0.500. The number of allylic oxidation sites excluding steroid dienone is 1. The molecule has 2 aliphatic rings. The average molecular weight is 389 g/mol. The van der Waals surface area contributed by atoms with Gasteiger partial charge in [0.2, 0.25) is 0 Å². The summed E-state index contributed by atoms with van der Waals surface area (Å²) in [4.78, 5) is 0. The van der Waals surface area contributed by atoms with Crippen LogP contribution >= 0.6 is 0 Å². The Morgan fingerprint density at radius 1 is 0.897 bits per heavy atom. The first-order chi connectivity index (χ1) is 13.3. The zero-order chi connectivity index (χ0) is 21.4. The van der Waals surface area contributed by atoms with Gasteiger partial charge >= 0.3 is 0 Å². The Kier molecular flexibility index (Phi) is 4.36. The van der Waals surface area contributed by atoms with Crippen LogP contribution in [0, 0.1) is 5.41 Å². The quantitative estimate of drug-likeness (QED) is 0.493. The molecule has 1 unspecified atom stereocenters. The molecule has 0 fully saturated rings. The van der Waals surface area contributed by atoms with E-state index in [1.165, 1.54) is 39.8 Å². The van der Waals surface area contributed by atoms with E-state index in [0.717, 1.165) is 17.9 Å². The number of benzene rings is 2.